The van der Waals surface area contributed by atoms with E-state index in [1.807, 2.05) is 0 Å². The summed E-state index contributed by atoms with van der Waals surface area (Å²) in [6, 6.07) is 0. The van der Waals surface area contributed by atoms with Crippen molar-refractivity contribution >= 4 is 0 Å². The van der Waals surface area contributed by atoms with E-state index >= 15 is 0 Å². The number of halogens is 2. The van der Waals surface area contributed by atoms with Gasteiger partial charge in [-0.05, 0) is 49.6 Å². The van der Waals surface area contributed by atoms with E-state index in [1.54, 1.807) is 0 Å². The summed E-state index contributed by atoms with van der Waals surface area (Å²) in [5, 5.41) is 0. The number of rotatable bonds is 3. The first-order valence-electron chi connectivity index (χ1n) is 6.41. The van der Waals surface area contributed by atoms with Gasteiger partial charge in [-0.2, -0.15) is 8.78 Å². The Labute approximate surface area is 96.5 Å². The molecule has 2 fully saturated rings. The zero-order valence-corrected chi connectivity index (χ0v) is 10.1. The van der Waals surface area contributed by atoms with E-state index in [-0.39, 0.29) is 0 Å². The standard InChI is InChI=1S/C13H21F2N/c1-2-3-8-16-9-13(10-16)6-4-11(5-7-13)12(14)15/h2-10H2,1H3. The highest BCUT2D eigenvalue weighted by molar-refractivity contribution is 5.11. The number of allylic oxidation sites excluding steroid dienone is 1. The van der Waals surface area contributed by atoms with Crippen molar-refractivity contribution in [2.75, 3.05) is 19.6 Å². The number of hydrogen-bond acceptors (Lipinski definition) is 1. The average Bonchev–Trinajstić information content (AvgIpc) is 2.24. The van der Waals surface area contributed by atoms with Gasteiger partial charge in [-0.3, -0.25) is 0 Å². The first-order chi connectivity index (χ1) is 7.65. The molecule has 16 heavy (non-hydrogen) atoms. The molecule has 1 spiro atoms. The second-order valence-corrected chi connectivity index (χ2v) is 5.43. The van der Waals surface area contributed by atoms with Gasteiger partial charge in [0.1, 0.15) is 0 Å². The van der Waals surface area contributed by atoms with Crippen LogP contribution in [0.25, 0.3) is 0 Å². The number of unbranched alkanes of at least 4 members (excludes halogenated alkanes) is 1. The molecular weight excluding hydrogens is 208 g/mol. The van der Waals surface area contributed by atoms with Gasteiger partial charge in [-0.1, -0.05) is 13.3 Å². The maximum atomic E-state index is 12.4. The van der Waals surface area contributed by atoms with Crippen LogP contribution in [0.15, 0.2) is 11.7 Å². The molecule has 3 heteroatoms. The van der Waals surface area contributed by atoms with Crippen LogP contribution in [-0.2, 0) is 0 Å². The summed E-state index contributed by atoms with van der Waals surface area (Å²) in [4.78, 5) is 2.48. The Morgan fingerprint density at radius 3 is 2.38 bits per heavy atom. The average molecular weight is 229 g/mol. The van der Waals surface area contributed by atoms with Crippen LogP contribution in [0.4, 0.5) is 8.78 Å². The van der Waals surface area contributed by atoms with E-state index in [2.05, 4.69) is 11.8 Å². The molecule has 1 aliphatic heterocycles. The van der Waals surface area contributed by atoms with Gasteiger partial charge in [-0.15, -0.1) is 0 Å². The van der Waals surface area contributed by atoms with Crippen molar-refractivity contribution in [1.29, 1.82) is 0 Å². The largest absolute Gasteiger partial charge is 0.302 e. The van der Waals surface area contributed by atoms with Crippen LogP contribution in [0.5, 0.6) is 0 Å². The smallest absolute Gasteiger partial charge is 0.269 e. The second-order valence-electron chi connectivity index (χ2n) is 5.43. The van der Waals surface area contributed by atoms with Gasteiger partial charge in [-0.25, -0.2) is 0 Å². The molecule has 92 valence electrons. The molecule has 2 rings (SSSR count). The highest BCUT2D eigenvalue weighted by atomic mass is 19.3. The van der Waals surface area contributed by atoms with Gasteiger partial charge in [0.25, 0.3) is 6.08 Å². The van der Waals surface area contributed by atoms with Gasteiger partial charge in [0.15, 0.2) is 0 Å². The lowest BCUT2D eigenvalue weighted by molar-refractivity contribution is -0.0214. The second kappa shape index (κ2) is 4.82. The molecule has 0 radical (unpaired) electrons. The maximum Gasteiger partial charge on any atom is 0.269 e. The molecule has 1 saturated heterocycles. The number of hydrogen-bond donors (Lipinski definition) is 0. The lowest BCUT2D eigenvalue weighted by Crippen LogP contribution is -2.57. The van der Waals surface area contributed by atoms with Gasteiger partial charge in [0, 0.05) is 13.1 Å². The molecule has 0 aromatic carbocycles. The van der Waals surface area contributed by atoms with Crippen molar-refractivity contribution in [2.45, 2.75) is 45.4 Å². The van der Waals surface area contributed by atoms with E-state index in [4.69, 9.17) is 0 Å². The van der Waals surface area contributed by atoms with Gasteiger partial charge in [0.05, 0.1) is 0 Å². The topological polar surface area (TPSA) is 3.24 Å². The Kier molecular flexibility index (Phi) is 3.63. The van der Waals surface area contributed by atoms with E-state index in [0.29, 0.717) is 23.8 Å². The van der Waals surface area contributed by atoms with E-state index in [1.165, 1.54) is 19.4 Å². The predicted octanol–water partition coefficient (Wildman–Crippen LogP) is 3.81. The molecule has 1 saturated carbocycles. The fraction of sp³-hybridized carbons (Fsp3) is 0.846. The zero-order valence-electron chi connectivity index (χ0n) is 10.1. The molecule has 1 aliphatic carbocycles. The Morgan fingerprint density at radius 1 is 1.25 bits per heavy atom. The van der Waals surface area contributed by atoms with E-state index < -0.39 is 6.08 Å². The summed E-state index contributed by atoms with van der Waals surface area (Å²) in [7, 11) is 0. The Hall–Kier alpha value is -0.440. The Bertz CT molecular complexity index is 264. The summed E-state index contributed by atoms with van der Waals surface area (Å²) in [6.45, 7) is 5.69. The zero-order chi connectivity index (χ0) is 11.6. The Morgan fingerprint density at radius 2 is 1.88 bits per heavy atom. The van der Waals surface area contributed by atoms with Crippen molar-refractivity contribution in [1.82, 2.24) is 4.90 Å². The molecule has 0 atom stereocenters. The third kappa shape index (κ3) is 2.45. The SMILES string of the molecule is CCCCN1CC2(CCC(=C(F)F)CC2)C1. The molecular formula is C13H21F2N. The van der Waals surface area contributed by atoms with Crippen molar-refractivity contribution < 1.29 is 8.78 Å². The minimum atomic E-state index is -1.42. The van der Waals surface area contributed by atoms with Crippen LogP contribution < -0.4 is 0 Å². The Balaban J connectivity index is 1.77. The van der Waals surface area contributed by atoms with E-state index in [9.17, 15) is 8.78 Å². The van der Waals surface area contributed by atoms with E-state index in [0.717, 1.165) is 25.9 Å². The molecule has 0 bridgehead atoms. The molecule has 0 amide bonds. The third-order valence-corrected chi connectivity index (χ3v) is 4.13. The van der Waals surface area contributed by atoms with Crippen molar-refractivity contribution in [3.63, 3.8) is 0 Å². The molecule has 0 aromatic heterocycles. The highest BCUT2D eigenvalue weighted by Crippen LogP contribution is 2.46. The van der Waals surface area contributed by atoms with Crippen LogP contribution in [0.2, 0.25) is 0 Å². The summed E-state index contributed by atoms with van der Waals surface area (Å²) in [5.74, 6) is 0. The van der Waals surface area contributed by atoms with Gasteiger partial charge < -0.3 is 4.90 Å². The minimum absolute atomic E-state index is 0.396. The first-order valence-corrected chi connectivity index (χ1v) is 6.41. The molecule has 2 aliphatic rings. The fourth-order valence-corrected chi connectivity index (χ4v) is 3.03. The summed E-state index contributed by atoms with van der Waals surface area (Å²) < 4.78 is 24.8. The first kappa shape index (κ1) is 12.0. The third-order valence-electron chi connectivity index (χ3n) is 4.13. The van der Waals surface area contributed by atoms with Crippen LogP contribution >= 0.6 is 0 Å². The van der Waals surface area contributed by atoms with Crippen LogP contribution in [0, 0.1) is 5.41 Å². The summed E-state index contributed by atoms with van der Waals surface area (Å²) in [6.07, 6.45) is 4.29. The van der Waals surface area contributed by atoms with Crippen molar-refractivity contribution in [2.24, 2.45) is 5.41 Å². The van der Waals surface area contributed by atoms with Crippen LogP contribution in [-0.4, -0.2) is 24.5 Å². The van der Waals surface area contributed by atoms with Crippen LogP contribution in [0.1, 0.15) is 45.4 Å². The predicted molar refractivity (Wildman–Crippen MR) is 61.5 cm³/mol. The van der Waals surface area contributed by atoms with Gasteiger partial charge in [0.2, 0.25) is 0 Å². The van der Waals surface area contributed by atoms with Crippen LogP contribution in [0.3, 0.4) is 0 Å². The summed E-state index contributed by atoms with van der Waals surface area (Å²) in [5.41, 5.74) is 0.810. The maximum absolute atomic E-state index is 12.4. The summed E-state index contributed by atoms with van der Waals surface area (Å²) >= 11 is 0. The van der Waals surface area contributed by atoms with Crippen molar-refractivity contribution in [3.8, 4) is 0 Å². The quantitative estimate of drug-likeness (QED) is 0.711. The molecule has 1 heterocycles. The number of nitrogens with zero attached hydrogens (tertiary/aromatic N) is 1. The van der Waals surface area contributed by atoms with Crippen molar-refractivity contribution in [3.05, 3.63) is 11.7 Å². The molecule has 1 nitrogen and oxygen atoms in total. The lowest BCUT2D eigenvalue weighted by atomic mass is 9.67. The highest BCUT2D eigenvalue weighted by Gasteiger charge is 2.43. The minimum Gasteiger partial charge on any atom is -0.302 e. The molecule has 0 unspecified atom stereocenters. The monoisotopic (exact) mass is 229 g/mol. The normalized spacial score (nSPS) is 24.6. The van der Waals surface area contributed by atoms with Gasteiger partial charge >= 0.3 is 0 Å². The molecule has 0 aromatic rings. The lowest BCUT2D eigenvalue weighted by Gasteiger charge is -2.53. The molecule has 0 N–H and O–H groups in total. The fourth-order valence-electron chi connectivity index (χ4n) is 3.03. The number of likely N-dealkylation sites (tertiary alicyclic amines) is 1.